The van der Waals surface area contributed by atoms with E-state index in [-0.39, 0.29) is 5.56 Å². The van der Waals surface area contributed by atoms with E-state index in [0.29, 0.717) is 5.02 Å². The SMILES string of the molecule is CC1=NCCC(C)=C1CCCSc1cc(C(=O)O)ccc1Cl. The molecule has 1 aliphatic heterocycles. The molecule has 0 saturated heterocycles. The maximum absolute atomic E-state index is 11.0. The molecule has 0 amide bonds. The van der Waals surface area contributed by atoms with Gasteiger partial charge in [-0.25, -0.2) is 4.79 Å². The van der Waals surface area contributed by atoms with E-state index < -0.39 is 5.97 Å². The van der Waals surface area contributed by atoms with Crippen LogP contribution in [-0.4, -0.2) is 29.1 Å². The summed E-state index contributed by atoms with van der Waals surface area (Å²) in [6.45, 7) is 5.18. The van der Waals surface area contributed by atoms with Crippen LogP contribution in [0.3, 0.4) is 0 Å². The van der Waals surface area contributed by atoms with Gasteiger partial charge in [-0.15, -0.1) is 11.8 Å². The minimum atomic E-state index is -0.923. The maximum atomic E-state index is 11.0. The van der Waals surface area contributed by atoms with Crippen LogP contribution >= 0.6 is 23.4 Å². The van der Waals surface area contributed by atoms with Gasteiger partial charge in [-0.1, -0.05) is 17.2 Å². The molecule has 0 atom stereocenters. The van der Waals surface area contributed by atoms with Gasteiger partial charge < -0.3 is 5.11 Å². The molecular formula is C17H20ClNO2S. The van der Waals surface area contributed by atoms with E-state index in [1.165, 1.54) is 22.9 Å². The summed E-state index contributed by atoms with van der Waals surface area (Å²) in [5.74, 6) is -0.0133. The third-order valence-electron chi connectivity index (χ3n) is 3.79. The molecule has 0 fully saturated rings. The summed E-state index contributed by atoms with van der Waals surface area (Å²) in [6, 6.07) is 4.83. The molecule has 0 spiro atoms. The number of carboxylic acid groups (broad SMARTS) is 1. The smallest absolute Gasteiger partial charge is 0.335 e. The molecule has 5 heteroatoms. The number of hydrogen-bond donors (Lipinski definition) is 1. The molecule has 1 aromatic carbocycles. The van der Waals surface area contributed by atoms with Gasteiger partial charge in [0.1, 0.15) is 0 Å². The van der Waals surface area contributed by atoms with Crippen LogP contribution in [0.25, 0.3) is 0 Å². The predicted octanol–water partition coefficient (Wildman–Crippen LogP) is 5.09. The number of aromatic carboxylic acids is 1. The monoisotopic (exact) mass is 337 g/mol. The predicted molar refractivity (Wildman–Crippen MR) is 93.7 cm³/mol. The molecule has 0 unspecified atom stereocenters. The van der Waals surface area contributed by atoms with Gasteiger partial charge >= 0.3 is 5.97 Å². The number of halogens is 1. The van der Waals surface area contributed by atoms with Crippen LogP contribution < -0.4 is 0 Å². The second-order valence-electron chi connectivity index (χ2n) is 5.38. The highest BCUT2D eigenvalue weighted by molar-refractivity contribution is 7.99. The van der Waals surface area contributed by atoms with E-state index in [2.05, 4.69) is 18.8 Å². The number of thioether (sulfide) groups is 1. The highest BCUT2D eigenvalue weighted by Crippen LogP contribution is 2.30. The Morgan fingerprint density at radius 3 is 2.86 bits per heavy atom. The summed E-state index contributed by atoms with van der Waals surface area (Å²) in [5, 5.41) is 9.64. The van der Waals surface area contributed by atoms with Crippen LogP contribution in [0.1, 0.15) is 43.5 Å². The van der Waals surface area contributed by atoms with Crippen molar-refractivity contribution < 1.29 is 9.90 Å². The lowest BCUT2D eigenvalue weighted by atomic mass is 9.96. The standard InChI is InChI=1S/C17H20ClNO2S/c1-11-7-8-19-12(2)14(11)4-3-9-22-16-10-13(17(20)21)5-6-15(16)18/h5-6,10H,3-4,7-9H2,1-2H3,(H,20,21). The molecule has 0 bridgehead atoms. The van der Waals surface area contributed by atoms with Gasteiger partial charge in [0.05, 0.1) is 10.6 Å². The zero-order chi connectivity index (χ0) is 16.1. The lowest BCUT2D eigenvalue weighted by Gasteiger charge is -2.16. The van der Waals surface area contributed by atoms with Gasteiger partial charge in [0, 0.05) is 17.2 Å². The fraction of sp³-hybridized carbons (Fsp3) is 0.412. The number of nitrogens with zero attached hydrogens (tertiary/aromatic N) is 1. The second-order valence-corrected chi connectivity index (χ2v) is 6.92. The van der Waals surface area contributed by atoms with Crippen molar-refractivity contribution in [3.63, 3.8) is 0 Å². The Morgan fingerprint density at radius 1 is 1.41 bits per heavy atom. The summed E-state index contributed by atoms with van der Waals surface area (Å²) in [4.78, 5) is 16.3. The van der Waals surface area contributed by atoms with Crippen molar-refractivity contribution >= 4 is 35.0 Å². The summed E-state index contributed by atoms with van der Waals surface area (Å²) in [7, 11) is 0. The summed E-state index contributed by atoms with van der Waals surface area (Å²) in [6.07, 6.45) is 3.11. The first-order valence-corrected chi connectivity index (χ1v) is 8.71. The van der Waals surface area contributed by atoms with Crippen molar-refractivity contribution in [1.82, 2.24) is 0 Å². The Labute approximate surface area is 140 Å². The van der Waals surface area contributed by atoms with E-state index >= 15 is 0 Å². The van der Waals surface area contributed by atoms with Gasteiger partial charge in [-0.05, 0) is 62.6 Å². The zero-order valence-corrected chi connectivity index (χ0v) is 14.4. The fourth-order valence-corrected chi connectivity index (χ4v) is 3.72. The fourth-order valence-electron chi connectivity index (χ4n) is 2.52. The maximum Gasteiger partial charge on any atom is 0.335 e. The Morgan fingerprint density at radius 2 is 2.18 bits per heavy atom. The molecule has 0 aromatic heterocycles. The van der Waals surface area contributed by atoms with Crippen molar-refractivity contribution in [3.8, 4) is 0 Å². The van der Waals surface area contributed by atoms with Crippen molar-refractivity contribution in [2.45, 2.75) is 38.0 Å². The van der Waals surface area contributed by atoms with Gasteiger partial charge in [0.25, 0.3) is 0 Å². The van der Waals surface area contributed by atoms with Crippen LogP contribution in [0.4, 0.5) is 0 Å². The Bertz CT molecular complexity index is 638. The van der Waals surface area contributed by atoms with Gasteiger partial charge in [-0.3, -0.25) is 4.99 Å². The van der Waals surface area contributed by atoms with E-state index in [9.17, 15) is 4.79 Å². The van der Waals surface area contributed by atoms with E-state index in [4.69, 9.17) is 16.7 Å². The molecule has 22 heavy (non-hydrogen) atoms. The molecule has 1 heterocycles. The van der Waals surface area contributed by atoms with E-state index in [1.54, 1.807) is 23.9 Å². The summed E-state index contributed by atoms with van der Waals surface area (Å²) >= 11 is 7.74. The largest absolute Gasteiger partial charge is 0.478 e. The molecule has 1 aromatic rings. The first kappa shape index (κ1) is 17.1. The molecular weight excluding hydrogens is 318 g/mol. The van der Waals surface area contributed by atoms with Crippen LogP contribution in [0.15, 0.2) is 39.2 Å². The van der Waals surface area contributed by atoms with Gasteiger partial charge in [-0.2, -0.15) is 0 Å². The van der Waals surface area contributed by atoms with Gasteiger partial charge in [0.15, 0.2) is 0 Å². The first-order valence-electron chi connectivity index (χ1n) is 7.34. The molecule has 0 saturated carbocycles. The molecule has 0 aliphatic carbocycles. The minimum absolute atomic E-state index is 0.278. The molecule has 2 rings (SSSR count). The topological polar surface area (TPSA) is 49.7 Å². The molecule has 118 valence electrons. The van der Waals surface area contributed by atoms with E-state index in [0.717, 1.165) is 36.5 Å². The minimum Gasteiger partial charge on any atom is -0.478 e. The number of carbonyl (C=O) groups is 1. The molecule has 3 nitrogen and oxygen atoms in total. The Hall–Kier alpha value is -1.26. The van der Waals surface area contributed by atoms with Crippen molar-refractivity contribution in [2.75, 3.05) is 12.3 Å². The molecule has 1 N–H and O–H groups in total. The third kappa shape index (κ3) is 4.37. The number of aliphatic imine (C=N–C) groups is 1. The second kappa shape index (κ2) is 7.84. The average molecular weight is 338 g/mol. The summed E-state index contributed by atoms with van der Waals surface area (Å²) < 4.78 is 0. The number of rotatable bonds is 6. The van der Waals surface area contributed by atoms with Crippen LogP contribution in [-0.2, 0) is 0 Å². The van der Waals surface area contributed by atoms with Crippen molar-refractivity contribution in [2.24, 2.45) is 4.99 Å². The number of allylic oxidation sites excluding steroid dienone is 1. The average Bonchev–Trinajstić information content (AvgIpc) is 2.47. The van der Waals surface area contributed by atoms with Gasteiger partial charge in [0.2, 0.25) is 0 Å². The van der Waals surface area contributed by atoms with Crippen LogP contribution in [0, 0.1) is 0 Å². The molecule has 1 aliphatic rings. The lowest BCUT2D eigenvalue weighted by Crippen LogP contribution is -2.08. The Balaban J connectivity index is 1.91. The number of carboxylic acids is 1. The number of dihydropyridines is 1. The highest BCUT2D eigenvalue weighted by Gasteiger charge is 2.11. The van der Waals surface area contributed by atoms with Crippen molar-refractivity contribution in [3.05, 3.63) is 39.9 Å². The number of benzene rings is 1. The van der Waals surface area contributed by atoms with Crippen LogP contribution in [0.2, 0.25) is 5.02 Å². The third-order valence-corrected chi connectivity index (χ3v) is 5.38. The lowest BCUT2D eigenvalue weighted by molar-refractivity contribution is 0.0696. The highest BCUT2D eigenvalue weighted by atomic mass is 35.5. The van der Waals surface area contributed by atoms with Crippen LogP contribution in [0.5, 0.6) is 0 Å². The first-order chi connectivity index (χ1) is 10.5. The summed E-state index contributed by atoms with van der Waals surface area (Å²) in [5.41, 5.74) is 4.28. The normalized spacial score (nSPS) is 15.0. The quantitative estimate of drug-likeness (QED) is 0.581. The Kier molecular flexibility index (Phi) is 6.09. The number of hydrogen-bond acceptors (Lipinski definition) is 3. The van der Waals surface area contributed by atoms with E-state index in [1.807, 2.05) is 0 Å². The van der Waals surface area contributed by atoms with Crippen molar-refractivity contribution in [1.29, 1.82) is 0 Å². The zero-order valence-electron chi connectivity index (χ0n) is 12.9. The molecule has 0 radical (unpaired) electrons.